The number of carbonyl (C=O) groups excluding carboxylic acids is 3. The van der Waals surface area contributed by atoms with Crippen molar-refractivity contribution in [2.24, 2.45) is 5.41 Å². The summed E-state index contributed by atoms with van der Waals surface area (Å²) in [4.78, 5) is 45.1. The van der Waals surface area contributed by atoms with Gasteiger partial charge in [-0.2, -0.15) is 0 Å². The van der Waals surface area contributed by atoms with Crippen molar-refractivity contribution in [3.8, 4) is 0 Å². The molecular formula is C21H27N5O3. The molecule has 1 aliphatic heterocycles. The molecule has 8 nitrogen and oxygen atoms in total. The van der Waals surface area contributed by atoms with Crippen molar-refractivity contribution in [1.82, 2.24) is 14.6 Å². The summed E-state index contributed by atoms with van der Waals surface area (Å²) in [7, 11) is 0. The Morgan fingerprint density at radius 1 is 1.21 bits per heavy atom. The average molecular weight is 397 g/mol. The largest absolute Gasteiger partial charge is 0.341 e. The smallest absolute Gasteiger partial charge is 0.248 e. The van der Waals surface area contributed by atoms with Crippen LogP contribution < -0.4 is 10.3 Å². The zero-order valence-corrected chi connectivity index (χ0v) is 16.9. The van der Waals surface area contributed by atoms with Crippen molar-refractivity contribution < 1.29 is 14.4 Å². The molecule has 8 heteroatoms. The lowest BCUT2D eigenvalue weighted by Gasteiger charge is -2.39. The van der Waals surface area contributed by atoms with Crippen LogP contribution >= 0.6 is 0 Å². The fraction of sp³-hybridized carbons (Fsp3) is 0.429. The molecule has 154 valence electrons. The molecule has 0 bridgehead atoms. The standard InChI is InChI=1S/C21H27N5O3/c1-21(2)9-6-11-24(15-21)20(29)14-26(17-7-4-3-5-8-17)19(28)13-18(27)23-25-12-10-22-16-25/h3-5,7-8,10,12,16H,6,9,11,13-15H2,1-2H3,(H,23,27). The number of nitrogens with one attached hydrogen (secondary N) is 1. The second-order valence-electron chi connectivity index (χ2n) is 8.08. The van der Waals surface area contributed by atoms with Crippen molar-refractivity contribution >= 4 is 23.4 Å². The van der Waals surface area contributed by atoms with Crippen LogP contribution in [0.15, 0.2) is 49.1 Å². The topological polar surface area (TPSA) is 87.5 Å². The van der Waals surface area contributed by atoms with E-state index in [1.807, 2.05) is 11.0 Å². The average Bonchev–Trinajstić information content (AvgIpc) is 3.18. The maximum absolute atomic E-state index is 12.9. The molecule has 0 radical (unpaired) electrons. The van der Waals surface area contributed by atoms with Crippen LogP contribution in [0.1, 0.15) is 33.1 Å². The lowest BCUT2D eigenvalue weighted by Crippen LogP contribution is -2.49. The molecule has 3 amide bonds. The minimum atomic E-state index is -0.472. The number of benzene rings is 1. The SMILES string of the molecule is CC1(C)CCCN(C(=O)CN(C(=O)CC(=O)Nn2ccnc2)c2ccccc2)C1. The monoisotopic (exact) mass is 397 g/mol. The molecule has 1 N–H and O–H groups in total. The molecule has 1 aliphatic rings. The van der Waals surface area contributed by atoms with Crippen LogP contribution in [0.3, 0.4) is 0 Å². The molecule has 0 atom stereocenters. The number of piperidine rings is 1. The molecule has 3 rings (SSSR count). The minimum Gasteiger partial charge on any atom is -0.341 e. The van der Waals surface area contributed by atoms with Gasteiger partial charge in [0.2, 0.25) is 17.7 Å². The normalized spacial score (nSPS) is 15.6. The number of imidazole rings is 1. The van der Waals surface area contributed by atoms with Gasteiger partial charge in [0.05, 0.1) is 0 Å². The van der Waals surface area contributed by atoms with E-state index in [1.54, 1.807) is 30.5 Å². The Labute approximate surface area is 170 Å². The predicted molar refractivity (Wildman–Crippen MR) is 110 cm³/mol. The Bertz CT molecular complexity index is 848. The maximum atomic E-state index is 12.9. The first-order valence-electron chi connectivity index (χ1n) is 9.75. The summed E-state index contributed by atoms with van der Waals surface area (Å²) < 4.78 is 1.38. The molecule has 1 aromatic heterocycles. The van der Waals surface area contributed by atoms with Crippen molar-refractivity contribution in [3.05, 3.63) is 49.1 Å². The van der Waals surface area contributed by atoms with E-state index < -0.39 is 11.8 Å². The van der Waals surface area contributed by atoms with Gasteiger partial charge in [0.15, 0.2) is 0 Å². The van der Waals surface area contributed by atoms with E-state index in [1.165, 1.54) is 22.1 Å². The maximum Gasteiger partial charge on any atom is 0.248 e. The number of likely N-dealkylation sites (tertiary alicyclic amines) is 1. The molecule has 2 aromatic rings. The summed E-state index contributed by atoms with van der Waals surface area (Å²) in [6, 6.07) is 8.97. The molecular weight excluding hydrogens is 370 g/mol. The second kappa shape index (κ2) is 8.89. The summed E-state index contributed by atoms with van der Waals surface area (Å²) in [5.74, 6) is -1.01. The number of aromatic nitrogens is 2. The first kappa shape index (κ1) is 20.6. The fourth-order valence-corrected chi connectivity index (χ4v) is 3.54. The molecule has 2 heterocycles. The van der Waals surface area contributed by atoms with E-state index in [-0.39, 0.29) is 24.3 Å². The highest BCUT2D eigenvalue weighted by Crippen LogP contribution is 2.28. The van der Waals surface area contributed by atoms with E-state index >= 15 is 0 Å². The van der Waals surface area contributed by atoms with Crippen molar-refractivity contribution in [3.63, 3.8) is 0 Å². The van der Waals surface area contributed by atoms with Gasteiger partial charge in [0.25, 0.3) is 0 Å². The summed E-state index contributed by atoms with van der Waals surface area (Å²) in [6.45, 7) is 5.57. The van der Waals surface area contributed by atoms with Crippen molar-refractivity contribution in [2.45, 2.75) is 33.1 Å². The van der Waals surface area contributed by atoms with Crippen molar-refractivity contribution in [2.75, 3.05) is 30.0 Å². The van der Waals surface area contributed by atoms with Crippen LogP contribution in [-0.2, 0) is 14.4 Å². The molecule has 0 saturated carbocycles. The van der Waals surface area contributed by atoms with E-state index in [4.69, 9.17) is 0 Å². The summed E-state index contributed by atoms with van der Waals surface area (Å²) in [5.41, 5.74) is 3.22. The number of hydrogen-bond acceptors (Lipinski definition) is 4. The van der Waals surface area contributed by atoms with Gasteiger partial charge >= 0.3 is 0 Å². The van der Waals surface area contributed by atoms with E-state index in [2.05, 4.69) is 24.3 Å². The Kier molecular flexibility index (Phi) is 6.31. The third kappa shape index (κ3) is 5.66. The highest BCUT2D eigenvalue weighted by Gasteiger charge is 2.31. The van der Waals surface area contributed by atoms with Crippen LogP contribution in [-0.4, -0.2) is 51.9 Å². The zero-order chi connectivity index (χ0) is 20.9. The fourth-order valence-electron chi connectivity index (χ4n) is 3.54. The van der Waals surface area contributed by atoms with Gasteiger partial charge in [-0.05, 0) is 30.4 Å². The number of hydrogen-bond donors (Lipinski definition) is 1. The number of anilines is 1. The van der Waals surface area contributed by atoms with Crippen LogP contribution in [0.2, 0.25) is 0 Å². The molecule has 1 aromatic carbocycles. The Morgan fingerprint density at radius 3 is 2.62 bits per heavy atom. The Hall–Kier alpha value is -3.16. The van der Waals surface area contributed by atoms with Gasteiger partial charge in [0.1, 0.15) is 19.3 Å². The van der Waals surface area contributed by atoms with Crippen LogP contribution in [0.5, 0.6) is 0 Å². The van der Waals surface area contributed by atoms with Gasteiger partial charge in [0, 0.05) is 31.2 Å². The lowest BCUT2D eigenvalue weighted by molar-refractivity contribution is -0.134. The van der Waals surface area contributed by atoms with E-state index in [9.17, 15) is 14.4 Å². The van der Waals surface area contributed by atoms with Crippen LogP contribution in [0.4, 0.5) is 5.69 Å². The van der Waals surface area contributed by atoms with E-state index in [0.29, 0.717) is 18.8 Å². The first-order valence-corrected chi connectivity index (χ1v) is 9.75. The molecule has 0 aliphatic carbocycles. The third-order valence-corrected chi connectivity index (χ3v) is 4.99. The predicted octanol–water partition coefficient (Wildman–Crippen LogP) is 2.03. The summed E-state index contributed by atoms with van der Waals surface area (Å²) in [6.07, 6.45) is 6.18. The number of carbonyl (C=O) groups is 3. The number of para-hydroxylation sites is 1. The van der Waals surface area contributed by atoms with Gasteiger partial charge in [-0.15, -0.1) is 0 Å². The summed E-state index contributed by atoms with van der Waals surface area (Å²) >= 11 is 0. The lowest BCUT2D eigenvalue weighted by atomic mass is 9.84. The van der Waals surface area contributed by atoms with Crippen LogP contribution in [0.25, 0.3) is 0 Å². The molecule has 29 heavy (non-hydrogen) atoms. The second-order valence-corrected chi connectivity index (χ2v) is 8.08. The summed E-state index contributed by atoms with van der Waals surface area (Å²) in [5, 5.41) is 0. The molecule has 1 fully saturated rings. The highest BCUT2D eigenvalue weighted by atomic mass is 16.2. The van der Waals surface area contributed by atoms with Crippen LogP contribution in [0, 0.1) is 5.41 Å². The quantitative estimate of drug-likeness (QED) is 0.756. The third-order valence-electron chi connectivity index (χ3n) is 4.99. The molecule has 0 spiro atoms. The highest BCUT2D eigenvalue weighted by molar-refractivity contribution is 6.09. The van der Waals surface area contributed by atoms with Gasteiger partial charge in [-0.3, -0.25) is 19.8 Å². The van der Waals surface area contributed by atoms with Gasteiger partial charge < -0.3 is 9.80 Å². The Balaban J connectivity index is 1.70. The van der Waals surface area contributed by atoms with Crippen molar-refractivity contribution in [1.29, 1.82) is 0 Å². The first-order chi connectivity index (χ1) is 13.8. The minimum absolute atomic E-state index is 0.0696. The number of amides is 3. The number of rotatable bonds is 6. The van der Waals surface area contributed by atoms with E-state index in [0.717, 1.165) is 12.8 Å². The molecule has 1 saturated heterocycles. The Morgan fingerprint density at radius 2 is 1.97 bits per heavy atom. The van der Waals surface area contributed by atoms with Gasteiger partial charge in [-0.25, -0.2) is 9.66 Å². The molecule has 0 unspecified atom stereocenters. The number of nitrogens with zero attached hydrogens (tertiary/aromatic N) is 4. The zero-order valence-electron chi connectivity index (χ0n) is 16.9. The van der Waals surface area contributed by atoms with Gasteiger partial charge in [-0.1, -0.05) is 32.0 Å².